The fraction of sp³-hybridized carbons (Fsp3) is 0.389. The predicted molar refractivity (Wildman–Crippen MR) is 106 cm³/mol. The molecule has 0 aliphatic carbocycles. The monoisotopic (exact) mass is 463 g/mol. The minimum absolute atomic E-state index is 0. The Morgan fingerprint density at radius 3 is 2.68 bits per heavy atom. The van der Waals surface area contributed by atoms with Gasteiger partial charge in [-0.25, -0.2) is 8.78 Å². The van der Waals surface area contributed by atoms with E-state index in [9.17, 15) is 8.78 Å². The summed E-state index contributed by atoms with van der Waals surface area (Å²) in [5, 5.41) is 6.44. The van der Waals surface area contributed by atoms with E-state index in [2.05, 4.69) is 15.6 Å². The van der Waals surface area contributed by atoms with Crippen LogP contribution in [-0.4, -0.2) is 19.0 Å². The molecule has 1 atom stereocenters. The maximum atomic E-state index is 13.4. The molecule has 1 heterocycles. The summed E-state index contributed by atoms with van der Waals surface area (Å²) < 4.78 is 31.7. The summed E-state index contributed by atoms with van der Waals surface area (Å²) in [6, 6.07) is 7.47. The number of rotatable bonds is 7. The Hall–Kier alpha value is -1.64. The number of aliphatic imine (C=N–C) groups is 1. The van der Waals surface area contributed by atoms with Crippen molar-refractivity contribution in [2.75, 3.05) is 13.1 Å². The van der Waals surface area contributed by atoms with Crippen molar-refractivity contribution in [1.82, 2.24) is 10.6 Å². The van der Waals surface area contributed by atoms with E-state index < -0.39 is 11.6 Å². The summed E-state index contributed by atoms with van der Waals surface area (Å²) in [4.78, 5) is 4.46. The molecule has 0 fully saturated rings. The maximum Gasteiger partial charge on any atom is 0.191 e. The van der Waals surface area contributed by atoms with Crippen LogP contribution >= 0.6 is 24.0 Å². The molecular formula is C18H24F2IN3O. The highest BCUT2D eigenvalue weighted by Gasteiger charge is 2.11. The topological polar surface area (TPSA) is 49.6 Å². The molecule has 0 aliphatic rings. The van der Waals surface area contributed by atoms with E-state index in [1.54, 1.807) is 12.3 Å². The molecule has 0 saturated carbocycles. The second-order valence-corrected chi connectivity index (χ2v) is 5.53. The molecule has 25 heavy (non-hydrogen) atoms. The zero-order valence-electron chi connectivity index (χ0n) is 14.4. The van der Waals surface area contributed by atoms with Crippen LogP contribution < -0.4 is 10.6 Å². The summed E-state index contributed by atoms with van der Waals surface area (Å²) in [5.41, 5.74) is 0.658. The smallest absolute Gasteiger partial charge is 0.191 e. The van der Waals surface area contributed by atoms with Crippen LogP contribution in [0.2, 0.25) is 0 Å². The Morgan fingerprint density at radius 1 is 1.24 bits per heavy atom. The maximum absolute atomic E-state index is 13.4. The number of halogens is 3. The van der Waals surface area contributed by atoms with E-state index in [0.717, 1.165) is 24.7 Å². The molecule has 0 radical (unpaired) electrons. The third-order valence-corrected chi connectivity index (χ3v) is 3.53. The summed E-state index contributed by atoms with van der Waals surface area (Å²) >= 11 is 0. The first kappa shape index (κ1) is 21.4. The van der Waals surface area contributed by atoms with Gasteiger partial charge in [0, 0.05) is 19.5 Å². The van der Waals surface area contributed by atoms with Crippen LogP contribution in [0.15, 0.2) is 46.0 Å². The normalized spacial score (nSPS) is 12.4. The molecule has 138 valence electrons. The van der Waals surface area contributed by atoms with Crippen molar-refractivity contribution in [2.45, 2.75) is 32.7 Å². The number of guanidine groups is 1. The lowest BCUT2D eigenvalue weighted by Crippen LogP contribution is -2.40. The van der Waals surface area contributed by atoms with Crippen LogP contribution in [0.5, 0.6) is 0 Å². The van der Waals surface area contributed by atoms with E-state index in [1.807, 2.05) is 26.0 Å². The Bertz CT molecular complexity index is 662. The van der Waals surface area contributed by atoms with Crippen LogP contribution in [0, 0.1) is 11.6 Å². The average molecular weight is 463 g/mol. The van der Waals surface area contributed by atoms with Crippen LogP contribution in [0.3, 0.4) is 0 Å². The van der Waals surface area contributed by atoms with Gasteiger partial charge in [-0.2, -0.15) is 0 Å². The van der Waals surface area contributed by atoms with E-state index in [1.165, 1.54) is 6.07 Å². The Morgan fingerprint density at radius 2 is 2.04 bits per heavy atom. The van der Waals surface area contributed by atoms with E-state index in [4.69, 9.17) is 4.42 Å². The van der Waals surface area contributed by atoms with E-state index in [0.29, 0.717) is 24.6 Å². The van der Waals surface area contributed by atoms with Crippen LogP contribution in [0.1, 0.15) is 37.6 Å². The minimum Gasteiger partial charge on any atom is -0.469 e. The number of furan rings is 1. The Labute approximate surface area is 164 Å². The zero-order chi connectivity index (χ0) is 17.4. The molecule has 4 nitrogen and oxygen atoms in total. The first-order valence-electron chi connectivity index (χ1n) is 8.12. The number of hydrogen-bond acceptors (Lipinski definition) is 2. The first-order chi connectivity index (χ1) is 11.6. The largest absolute Gasteiger partial charge is 0.469 e. The Kier molecular flexibility index (Phi) is 9.48. The number of hydrogen-bond donors (Lipinski definition) is 2. The third kappa shape index (κ3) is 7.01. The second-order valence-electron chi connectivity index (χ2n) is 5.53. The van der Waals surface area contributed by atoms with Gasteiger partial charge in [-0.05, 0) is 43.2 Å². The molecule has 2 rings (SSSR count). The number of nitrogens with one attached hydrogen (secondary N) is 2. The minimum atomic E-state index is -0.848. The van der Waals surface area contributed by atoms with Gasteiger partial charge in [-0.3, -0.25) is 4.99 Å². The van der Waals surface area contributed by atoms with Gasteiger partial charge in [0.1, 0.15) is 5.76 Å². The van der Waals surface area contributed by atoms with Gasteiger partial charge >= 0.3 is 0 Å². The SMILES string of the molecule is CCCN=C(NCCc1ccco1)NC(C)c1ccc(F)c(F)c1.I. The molecule has 1 unspecified atom stereocenters. The highest BCUT2D eigenvalue weighted by atomic mass is 127. The first-order valence-corrected chi connectivity index (χ1v) is 8.12. The van der Waals surface area contributed by atoms with Crippen molar-refractivity contribution in [3.63, 3.8) is 0 Å². The number of benzene rings is 1. The summed E-state index contributed by atoms with van der Waals surface area (Å²) in [5.74, 6) is -0.159. The van der Waals surface area contributed by atoms with E-state index in [-0.39, 0.29) is 30.0 Å². The highest BCUT2D eigenvalue weighted by Crippen LogP contribution is 2.15. The lowest BCUT2D eigenvalue weighted by molar-refractivity contribution is 0.503. The van der Waals surface area contributed by atoms with Crippen LogP contribution in [0.25, 0.3) is 0 Å². The summed E-state index contributed by atoms with van der Waals surface area (Å²) in [7, 11) is 0. The molecule has 2 N–H and O–H groups in total. The van der Waals surface area contributed by atoms with E-state index >= 15 is 0 Å². The third-order valence-electron chi connectivity index (χ3n) is 3.53. The Balaban J connectivity index is 0.00000312. The van der Waals surface area contributed by atoms with Crippen LogP contribution in [0.4, 0.5) is 8.78 Å². The number of nitrogens with zero attached hydrogens (tertiary/aromatic N) is 1. The van der Waals surface area contributed by atoms with Crippen molar-refractivity contribution in [1.29, 1.82) is 0 Å². The van der Waals surface area contributed by atoms with Crippen molar-refractivity contribution in [3.8, 4) is 0 Å². The summed E-state index contributed by atoms with van der Waals surface area (Å²) in [6.45, 7) is 5.26. The molecule has 0 amide bonds. The van der Waals surface area contributed by atoms with Crippen molar-refractivity contribution >= 4 is 29.9 Å². The van der Waals surface area contributed by atoms with Gasteiger partial charge in [-0.1, -0.05) is 13.0 Å². The highest BCUT2D eigenvalue weighted by molar-refractivity contribution is 14.0. The quantitative estimate of drug-likeness (QED) is 0.363. The zero-order valence-corrected chi connectivity index (χ0v) is 16.7. The van der Waals surface area contributed by atoms with Crippen LogP contribution in [-0.2, 0) is 6.42 Å². The predicted octanol–water partition coefficient (Wildman–Crippen LogP) is 4.42. The van der Waals surface area contributed by atoms with Gasteiger partial charge in [0.2, 0.25) is 0 Å². The second kappa shape index (κ2) is 11.1. The summed E-state index contributed by atoms with van der Waals surface area (Å²) in [6.07, 6.45) is 3.30. The molecular weight excluding hydrogens is 439 g/mol. The average Bonchev–Trinajstić information content (AvgIpc) is 3.08. The van der Waals surface area contributed by atoms with Crippen molar-refractivity contribution in [2.24, 2.45) is 4.99 Å². The molecule has 1 aromatic heterocycles. The molecule has 2 aromatic rings. The molecule has 0 aliphatic heterocycles. The molecule has 0 saturated heterocycles. The van der Waals surface area contributed by atoms with Crippen molar-refractivity contribution < 1.29 is 13.2 Å². The fourth-order valence-electron chi connectivity index (χ4n) is 2.21. The van der Waals surface area contributed by atoms with Gasteiger partial charge in [0.05, 0.1) is 12.3 Å². The fourth-order valence-corrected chi connectivity index (χ4v) is 2.21. The standard InChI is InChI=1S/C18H23F2N3O.HI/c1-3-9-21-18(22-10-8-15-5-4-11-24-15)23-13(2)14-6-7-16(19)17(20)12-14;/h4-7,11-13H,3,8-10H2,1-2H3,(H2,21,22,23);1H. The molecule has 1 aromatic carbocycles. The molecule has 0 bridgehead atoms. The van der Waals surface area contributed by atoms with Gasteiger partial charge in [0.25, 0.3) is 0 Å². The van der Waals surface area contributed by atoms with Gasteiger partial charge in [0.15, 0.2) is 17.6 Å². The lowest BCUT2D eigenvalue weighted by Gasteiger charge is -2.19. The van der Waals surface area contributed by atoms with Crippen molar-refractivity contribution in [3.05, 3.63) is 59.6 Å². The lowest BCUT2D eigenvalue weighted by atomic mass is 10.1. The van der Waals surface area contributed by atoms with Gasteiger partial charge in [-0.15, -0.1) is 24.0 Å². The molecule has 7 heteroatoms. The molecule has 0 spiro atoms. The van der Waals surface area contributed by atoms with Gasteiger partial charge < -0.3 is 15.1 Å².